The molecule has 40 heavy (non-hydrogen) atoms. The van der Waals surface area contributed by atoms with Gasteiger partial charge >= 0.3 is 0 Å². The molecule has 0 unspecified atom stereocenters. The Bertz CT molecular complexity index is 1460. The zero-order valence-electron chi connectivity index (χ0n) is 23.1. The number of amides is 1. The van der Waals surface area contributed by atoms with Gasteiger partial charge in [0.05, 0.1) is 18.3 Å². The number of hydrogen-bond donors (Lipinski definition) is 1. The first-order chi connectivity index (χ1) is 19.6. The third-order valence-corrected chi connectivity index (χ3v) is 8.49. The normalized spacial score (nSPS) is 18.7. The maximum Gasteiger partial charge on any atom is 0.262 e. The average molecular weight is 536 g/mol. The third-order valence-electron chi connectivity index (χ3n) is 8.49. The van der Waals surface area contributed by atoms with E-state index >= 15 is 0 Å². The first kappa shape index (κ1) is 26.3. The molecule has 0 radical (unpaired) electrons. The molecule has 1 aliphatic heterocycles. The predicted octanol–water partition coefficient (Wildman–Crippen LogP) is 6.77. The predicted molar refractivity (Wildman–Crippen MR) is 159 cm³/mol. The zero-order valence-corrected chi connectivity index (χ0v) is 23.1. The molecule has 1 aromatic heterocycles. The van der Waals surface area contributed by atoms with Crippen LogP contribution in [0.25, 0.3) is 10.9 Å². The van der Waals surface area contributed by atoms with Gasteiger partial charge in [-0.2, -0.15) is 0 Å². The second-order valence-corrected chi connectivity index (χ2v) is 11.1. The number of aromatic nitrogens is 1. The van der Waals surface area contributed by atoms with Gasteiger partial charge < -0.3 is 14.8 Å². The lowest BCUT2D eigenvalue weighted by Gasteiger charge is -2.37. The van der Waals surface area contributed by atoms with Crippen LogP contribution in [0.2, 0.25) is 0 Å². The van der Waals surface area contributed by atoms with E-state index in [1.807, 2.05) is 18.3 Å². The zero-order chi connectivity index (χ0) is 27.3. The van der Waals surface area contributed by atoms with Gasteiger partial charge in [0.2, 0.25) is 0 Å². The summed E-state index contributed by atoms with van der Waals surface area (Å²) >= 11 is 0. The standard InChI is InChI=1S/C34H37N3O3/c1-39-29-14-16-31-30(20-29)27(17-18-35-31)11-7-24-8-12-28(13-9-24)37(21-25-5-3-2-4-6-25)22-26-10-15-32-33(19-26)40-23-34(38)36-32/h2-6,10,14-20,24,28H,7-9,11-13,21-23H2,1H3,(H,36,38). The van der Waals surface area contributed by atoms with Crippen LogP contribution < -0.4 is 14.8 Å². The number of ether oxygens (including phenoxy) is 2. The van der Waals surface area contributed by atoms with Gasteiger partial charge in [-0.05, 0) is 97.5 Å². The Balaban J connectivity index is 1.11. The van der Waals surface area contributed by atoms with Crippen LogP contribution in [0.15, 0.2) is 79.0 Å². The minimum absolute atomic E-state index is 0.0804. The third kappa shape index (κ3) is 6.13. The number of carbonyl (C=O) groups excluding carboxylic acids is 1. The fourth-order valence-corrected chi connectivity index (χ4v) is 6.27. The van der Waals surface area contributed by atoms with Crippen molar-refractivity contribution in [2.45, 2.75) is 57.7 Å². The number of nitrogens with one attached hydrogen (secondary N) is 1. The highest BCUT2D eigenvalue weighted by Crippen LogP contribution is 2.34. The molecule has 4 aromatic rings. The van der Waals surface area contributed by atoms with E-state index in [1.165, 1.54) is 54.2 Å². The molecular weight excluding hydrogens is 498 g/mol. The molecule has 6 nitrogen and oxygen atoms in total. The summed E-state index contributed by atoms with van der Waals surface area (Å²) < 4.78 is 11.2. The van der Waals surface area contributed by atoms with E-state index < -0.39 is 0 Å². The molecule has 206 valence electrons. The summed E-state index contributed by atoms with van der Waals surface area (Å²) in [6.45, 7) is 1.87. The lowest BCUT2D eigenvalue weighted by atomic mass is 9.81. The van der Waals surface area contributed by atoms with Crippen LogP contribution in [0.4, 0.5) is 5.69 Å². The summed E-state index contributed by atoms with van der Waals surface area (Å²) in [5.74, 6) is 2.29. The van der Waals surface area contributed by atoms with E-state index in [4.69, 9.17) is 9.47 Å². The number of methoxy groups -OCH3 is 1. The van der Waals surface area contributed by atoms with Crippen LogP contribution >= 0.6 is 0 Å². The van der Waals surface area contributed by atoms with Gasteiger partial charge in [0.25, 0.3) is 5.91 Å². The molecular formula is C34H37N3O3. The van der Waals surface area contributed by atoms with Crippen LogP contribution in [0, 0.1) is 5.92 Å². The SMILES string of the molecule is COc1ccc2nccc(CCC3CCC(N(Cc4ccccc4)Cc4ccc5c(c4)OCC(=O)N5)CC3)c2c1. The number of rotatable bonds is 9. The highest BCUT2D eigenvalue weighted by atomic mass is 16.5. The molecule has 1 aliphatic carbocycles. The number of anilines is 1. The van der Waals surface area contributed by atoms with Gasteiger partial charge in [0.15, 0.2) is 6.61 Å². The molecule has 1 N–H and O–H groups in total. The highest BCUT2D eigenvalue weighted by molar-refractivity contribution is 5.95. The first-order valence-electron chi connectivity index (χ1n) is 14.4. The molecule has 2 heterocycles. The van der Waals surface area contributed by atoms with Crippen molar-refractivity contribution in [3.05, 3.63) is 95.7 Å². The fourth-order valence-electron chi connectivity index (χ4n) is 6.27. The Hall–Kier alpha value is -3.90. The summed E-state index contributed by atoms with van der Waals surface area (Å²) in [5, 5.41) is 4.11. The van der Waals surface area contributed by atoms with Crippen LogP contribution in [-0.4, -0.2) is 35.5 Å². The quantitative estimate of drug-likeness (QED) is 0.256. The Morgan fingerprint density at radius 3 is 2.60 bits per heavy atom. The smallest absolute Gasteiger partial charge is 0.262 e. The van der Waals surface area contributed by atoms with Crippen LogP contribution in [0.1, 0.15) is 48.8 Å². The first-order valence-corrected chi connectivity index (χ1v) is 14.4. The molecule has 3 aromatic carbocycles. The van der Waals surface area contributed by atoms with Gasteiger partial charge in [0, 0.05) is 30.7 Å². The number of nitrogens with zero attached hydrogens (tertiary/aromatic N) is 2. The van der Waals surface area contributed by atoms with E-state index in [-0.39, 0.29) is 12.5 Å². The van der Waals surface area contributed by atoms with Crippen LogP contribution in [0.5, 0.6) is 11.5 Å². The van der Waals surface area contributed by atoms with Gasteiger partial charge in [-0.15, -0.1) is 0 Å². The lowest BCUT2D eigenvalue weighted by Crippen LogP contribution is -2.37. The molecule has 1 saturated carbocycles. The van der Waals surface area contributed by atoms with Gasteiger partial charge in [-0.1, -0.05) is 36.4 Å². The summed E-state index contributed by atoms with van der Waals surface area (Å²) in [5.41, 5.74) is 5.71. The number of carbonyl (C=O) groups is 1. The minimum atomic E-state index is -0.0976. The molecule has 0 bridgehead atoms. The van der Waals surface area contributed by atoms with Crippen molar-refractivity contribution >= 4 is 22.5 Å². The van der Waals surface area contributed by atoms with Crippen molar-refractivity contribution in [1.82, 2.24) is 9.88 Å². The maximum atomic E-state index is 11.7. The highest BCUT2D eigenvalue weighted by Gasteiger charge is 2.27. The van der Waals surface area contributed by atoms with Crippen molar-refractivity contribution in [2.75, 3.05) is 19.0 Å². The maximum absolute atomic E-state index is 11.7. The summed E-state index contributed by atoms with van der Waals surface area (Å²) in [6.07, 6.45) is 9.13. The second kappa shape index (κ2) is 12.1. The Kier molecular flexibility index (Phi) is 7.96. The average Bonchev–Trinajstić information content (AvgIpc) is 3.00. The van der Waals surface area contributed by atoms with Crippen LogP contribution in [0.3, 0.4) is 0 Å². The van der Waals surface area contributed by atoms with Gasteiger partial charge in [0.1, 0.15) is 11.5 Å². The van der Waals surface area contributed by atoms with E-state index in [9.17, 15) is 4.79 Å². The van der Waals surface area contributed by atoms with E-state index in [0.717, 1.165) is 48.1 Å². The second-order valence-electron chi connectivity index (χ2n) is 11.1. The number of aryl methyl sites for hydroxylation is 1. The largest absolute Gasteiger partial charge is 0.497 e. The van der Waals surface area contributed by atoms with E-state index in [2.05, 4.69) is 75.9 Å². The molecule has 1 fully saturated rings. The Morgan fingerprint density at radius 1 is 0.950 bits per heavy atom. The molecule has 0 atom stereocenters. The van der Waals surface area contributed by atoms with Gasteiger partial charge in [-0.3, -0.25) is 14.7 Å². The summed E-state index contributed by atoms with van der Waals surface area (Å²) in [6, 6.07) is 25.8. The monoisotopic (exact) mass is 535 g/mol. The van der Waals surface area contributed by atoms with E-state index in [1.54, 1.807) is 7.11 Å². The number of hydrogen-bond acceptors (Lipinski definition) is 5. The Morgan fingerprint density at radius 2 is 1.77 bits per heavy atom. The molecule has 1 amide bonds. The summed E-state index contributed by atoms with van der Waals surface area (Å²) in [4.78, 5) is 18.9. The van der Waals surface area contributed by atoms with Crippen molar-refractivity contribution < 1.29 is 14.3 Å². The van der Waals surface area contributed by atoms with E-state index in [0.29, 0.717) is 6.04 Å². The number of fused-ring (bicyclic) bond motifs is 2. The molecule has 2 aliphatic rings. The van der Waals surface area contributed by atoms with Crippen molar-refractivity contribution in [3.8, 4) is 11.5 Å². The minimum Gasteiger partial charge on any atom is -0.497 e. The fraction of sp³-hybridized carbons (Fsp3) is 0.353. The van der Waals surface area contributed by atoms with Crippen LogP contribution in [-0.2, 0) is 24.3 Å². The summed E-state index contributed by atoms with van der Waals surface area (Å²) in [7, 11) is 1.72. The van der Waals surface area contributed by atoms with Crippen molar-refractivity contribution in [1.29, 1.82) is 0 Å². The van der Waals surface area contributed by atoms with Crippen molar-refractivity contribution in [3.63, 3.8) is 0 Å². The molecule has 6 rings (SSSR count). The molecule has 6 heteroatoms. The topological polar surface area (TPSA) is 63.7 Å². The molecule has 0 spiro atoms. The Labute approximate surface area is 236 Å². The lowest BCUT2D eigenvalue weighted by molar-refractivity contribution is -0.118. The number of pyridine rings is 1. The van der Waals surface area contributed by atoms with Gasteiger partial charge in [-0.25, -0.2) is 0 Å². The molecule has 0 saturated heterocycles. The van der Waals surface area contributed by atoms with Crippen molar-refractivity contribution in [2.24, 2.45) is 5.92 Å². The number of benzene rings is 3.